The Morgan fingerprint density at radius 3 is 2.50 bits per heavy atom. The van der Waals surface area contributed by atoms with Gasteiger partial charge >= 0.3 is 0 Å². The highest BCUT2D eigenvalue weighted by molar-refractivity contribution is 5.58. The molecule has 0 aliphatic rings. The Hall–Kier alpha value is -0.410. The van der Waals surface area contributed by atoms with E-state index in [4.69, 9.17) is 5.11 Å². The summed E-state index contributed by atoms with van der Waals surface area (Å²) in [7, 11) is 1.94. The van der Waals surface area contributed by atoms with Crippen molar-refractivity contribution in [2.24, 2.45) is 5.41 Å². The van der Waals surface area contributed by atoms with Crippen LogP contribution in [0.25, 0.3) is 0 Å². The zero-order valence-corrected chi connectivity index (χ0v) is 9.79. The molecule has 0 amide bonds. The molecule has 3 nitrogen and oxygen atoms in total. The number of hydrogen-bond donors (Lipinski definition) is 1. The summed E-state index contributed by atoms with van der Waals surface area (Å²) in [5.41, 5.74) is -0.271. The van der Waals surface area contributed by atoms with Crippen LogP contribution >= 0.6 is 0 Å². The molecule has 0 aromatic rings. The second kappa shape index (κ2) is 6.14. The zero-order valence-electron chi connectivity index (χ0n) is 9.79. The van der Waals surface area contributed by atoms with Crippen LogP contribution in [0.5, 0.6) is 0 Å². The van der Waals surface area contributed by atoms with E-state index < -0.39 is 0 Å². The molecule has 84 valence electrons. The Balaban J connectivity index is 4.22. The van der Waals surface area contributed by atoms with Gasteiger partial charge in [-0.05, 0) is 20.4 Å². The first-order valence-electron chi connectivity index (χ1n) is 5.26. The van der Waals surface area contributed by atoms with Gasteiger partial charge in [0.1, 0.15) is 6.29 Å². The number of likely N-dealkylation sites (N-methyl/N-ethyl adjacent to an activating group) is 1. The SMILES string of the molecule is CCCC(C)(C=O)CN(C)C(C)CO. The molecule has 0 radical (unpaired) electrons. The monoisotopic (exact) mass is 201 g/mol. The topological polar surface area (TPSA) is 40.5 Å². The predicted molar refractivity (Wildman–Crippen MR) is 58.3 cm³/mol. The minimum atomic E-state index is -0.271. The van der Waals surface area contributed by atoms with Gasteiger partial charge in [0.05, 0.1) is 6.61 Å². The van der Waals surface area contributed by atoms with E-state index >= 15 is 0 Å². The van der Waals surface area contributed by atoms with Gasteiger partial charge in [0.15, 0.2) is 0 Å². The average Bonchev–Trinajstić information content (AvgIpc) is 2.16. The first-order valence-corrected chi connectivity index (χ1v) is 5.26. The van der Waals surface area contributed by atoms with Crippen LogP contribution in [0.15, 0.2) is 0 Å². The molecular formula is C11H23NO2. The van der Waals surface area contributed by atoms with Crippen molar-refractivity contribution in [3.8, 4) is 0 Å². The summed E-state index contributed by atoms with van der Waals surface area (Å²) in [5.74, 6) is 0. The number of aldehydes is 1. The van der Waals surface area contributed by atoms with Gasteiger partial charge in [-0.15, -0.1) is 0 Å². The van der Waals surface area contributed by atoms with E-state index in [-0.39, 0.29) is 18.1 Å². The summed E-state index contributed by atoms with van der Waals surface area (Å²) >= 11 is 0. The van der Waals surface area contributed by atoms with Crippen LogP contribution in [0.3, 0.4) is 0 Å². The Kier molecular flexibility index (Phi) is 5.96. The zero-order chi connectivity index (χ0) is 11.2. The molecule has 0 saturated heterocycles. The molecule has 2 unspecified atom stereocenters. The Morgan fingerprint density at radius 2 is 2.14 bits per heavy atom. The van der Waals surface area contributed by atoms with E-state index in [1.165, 1.54) is 0 Å². The molecule has 0 aliphatic heterocycles. The molecule has 0 aliphatic carbocycles. The number of carbonyl (C=O) groups is 1. The van der Waals surface area contributed by atoms with Crippen molar-refractivity contribution >= 4 is 6.29 Å². The van der Waals surface area contributed by atoms with Crippen LogP contribution in [0, 0.1) is 5.41 Å². The molecule has 0 fully saturated rings. The molecule has 14 heavy (non-hydrogen) atoms. The van der Waals surface area contributed by atoms with Crippen LogP contribution < -0.4 is 0 Å². The fraction of sp³-hybridized carbons (Fsp3) is 0.909. The van der Waals surface area contributed by atoms with Gasteiger partial charge in [0, 0.05) is 18.0 Å². The minimum absolute atomic E-state index is 0.117. The van der Waals surface area contributed by atoms with Crippen LogP contribution in [0.1, 0.15) is 33.6 Å². The maximum absolute atomic E-state index is 11.0. The van der Waals surface area contributed by atoms with Crippen molar-refractivity contribution in [1.29, 1.82) is 0 Å². The lowest BCUT2D eigenvalue weighted by Gasteiger charge is -2.31. The van der Waals surface area contributed by atoms with E-state index in [2.05, 4.69) is 6.92 Å². The standard InChI is InChI=1S/C11H23NO2/c1-5-6-11(3,9-14)8-12(4)10(2)7-13/h9-10,13H,5-8H2,1-4H3. The van der Waals surface area contributed by atoms with E-state index in [1.807, 2.05) is 25.8 Å². The molecule has 2 atom stereocenters. The highest BCUT2D eigenvalue weighted by Gasteiger charge is 2.25. The summed E-state index contributed by atoms with van der Waals surface area (Å²) in [6.45, 7) is 6.86. The van der Waals surface area contributed by atoms with Gasteiger partial charge < -0.3 is 14.8 Å². The summed E-state index contributed by atoms with van der Waals surface area (Å²) in [6, 6.07) is 0.117. The number of carbonyl (C=O) groups excluding carboxylic acids is 1. The summed E-state index contributed by atoms with van der Waals surface area (Å²) in [6.07, 6.45) is 2.95. The average molecular weight is 201 g/mol. The highest BCUT2D eigenvalue weighted by atomic mass is 16.3. The van der Waals surface area contributed by atoms with Gasteiger partial charge in [-0.3, -0.25) is 0 Å². The van der Waals surface area contributed by atoms with Gasteiger partial charge in [-0.25, -0.2) is 0 Å². The van der Waals surface area contributed by atoms with Crippen LogP contribution in [0.2, 0.25) is 0 Å². The minimum Gasteiger partial charge on any atom is -0.395 e. The normalized spacial score (nSPS) is 17.9. The third-order valence-corrected chi connectivity index (χ3v) is 2.73. The Bertz CT molecular complexity index is 173. The van der Waals surface area contributed by atoms with E-state index in [9.17, 15) is 4.79 Å². The van der Waals surface area contributed by atoms with E-state index in [0.717, 1.165) is 19.1 Å². The van der Waals surface area contributed by atoms with Crippen molar-refractivity contribution in [3.63, 3.8) is 0 Å². The van der Waals surface area contributed by atoms with Crippen molar-refractivity contribution < 1.29 is 9.90 Å². The molecule has 0 aromatic carbocycles. The lowest BCUT2D eigenvalue weighted by atomic mass is 9.86. The second-order valence-corrected chi connectivity index (χ2v) is 4.47. The fourth-order valence-electron chi connectivity index (χ4n) is 1.61. The molecule has 0 bridgehead atoms. The fourth-order valence-corrected chi connectivity index (χ4v) is 1.61. The maximum atomic E-state index is 11.0. The second-order valence-electron chi connectivity index (χ2n) is 4.47. The van der Waals surface area contributed by atoms with E-state index in [0.29, 0.717) is 6.54 Å². The highest BCUT2D eigenvalue weighted by Crippen LogP contribution is 2.22. The lowest BCUT2D eigenvalue weighted by molar-refractivity contribution is -0.117. The summed E-state index contributed by atoms with van der Waals surface area (Å²) in [4.78, 5) is 13.0. The molecule has 0 heterocycles. The molecule has 0 spiro atoms. The van der Waals surface area contributed by atoms with Gasteiger partial charge in [0.25, 0.3) is 0 Å². The van der Waals surface area contributed by atoms with Gasteiger partial charge in [-0.2, -0.15) is 0 Å². The first-order chi connectivity index (χ1) is 6.49. The van der Waals surface area contributed by atoms with E-state index in [1.54, 1.807) is 0 Å². The van der Waals surface area contributed by atoms with Crippen LogP contribution in [-0.4, -0.2) is 42.5 Å². The molecule has 3 heteroatoms. The summed E-state index contributed by atoms with van der Waals surface area (Å²) in [5, 5.41) is 8.97. The lowest BCUT2D eigenvalue weighted by Crippen LogP contribution is -2.41. The number of aliphatic hydroxyl groups is 1. The van der Waals surface area contributed by atoms with Crippen molar-refractivity contribution in [3.05, 3.63) is 0 Å². The number of hydrogen-bond acceptors (Lipinski definition) is 3. The molecule has 0 rings (SSSR count). The predicted octanol–water partition coefficient (Wildman–Crippen LogP) is 1.30. The smallest absolute Gasteiger partial charge is 0.127 e. The number of aliphatic hydroxyl groups excluding tert-OH is 1. The van der Waals surface area contributed by atoms with Gasteiger partial charge in [-0.1, -0.05) is 20.3 Å². The van der Waals surface area contributed by atoms with Crippen LogP contribution in [0.4, 0.5) is 0 Å². The third-order valence-electron chi connectivity index (χ3n) is 2.73. The molecule has 0 aromatic heterocycles. The molecule has 0 saturated carbocycles. The van der Waals surface area contributed by atoms with Crippen LogP contribution in [-0.2, 0) is 4.79 Å². The molecular weight excluding hydrogens is 178 g/mol. The number of rotatable bonds is 7. The van der Waals surface area contributed by atoms with Gasteiger partial charge in [0.2, 0.25) is 0 Å². The quantitative estimate of drug-likeness (QED) is 0.631. The maximum Gasteiger partial charge on any atom is 0.127 e. The van der Waals surface area contributed by atoms with Crippen molar-refractivity contribution in [2.75, 3.05) is 20.2 Å². The summed E-state index contributed by atoms with van der Waals surface area (Å²) < 4.78 is 0. The first kappa shape index (κ1) is 13.6. The Morgan fingerprint density at radius 1 is 1.57 bits per heavy atom. The van der Waals surface area contributed by atoms with Crippen molar-refractivity contribution in [1.82, 2.24) is 4.90 Å². The largest absolute Gasteiger partial charge is 0.395 e. The Labute approximate surface area is 87.1 Å². The van der Waals surface area contributed by atoms with Crippen molar-refractivity contribution in [2.45, 2.75) is 39.7 Å². The third kappa shape index (κ3) is 4.20. The molecule has 1 N–H and O–H groups in total. The number of nitrogens with zero attached hydrogens (tertiary/aromatic N) is 1.